The Kier molecular flexibility index (Phi) is 6.56. The van der Waals surface area contributed by atoms with E-state index in [4.69, 9.17) is 9.40 Å². The van der Waals surface area contributed by atoms with Gasteiger partial charge in [0.05, 0.1) is 5.69 Å². The molecule has 3 heterocycles. The largest absolute Gasteiger partial charge is 0.432 e. The molecule has 0 saturated heterocycles. The van der Waals surface area contributed by atoms with Gasteiger partial charge in [0, 0.05) is 55.3 Å². The van der Waals surface area contributed by atoms with Gasteiger partial charge in [-0.25, -0.2) is 14.4 Å². The fourth-order valence-corrected chi connectivity index (χ4v) is 5.30. The van der Waals surface area contributed by atoms with Gasteiger partial charge in [-0.1, -0.05) is 6.42 Å². The molecule has 9 heteroatoms. The van der Waals surface area contributed by atoms with Gasteiger partial charge in [0.15, 0.2) is 5.78 Å². The average molecular weight is 525 g/mol. The van der Waals surface area contributed by atoms with Crippen molar-refractivity contribution in [1.29, 1.82) is 0 Å². The number of benzene rings is 2. The van der Waals surface area contributed by atoms with Crippen molar-refractivity contribution in [2.24, 2.45) is 5.92 Å². The smallest absolute Gasteiger partial charge is 0.306 e. The zero-order chi connectivity index (χ0) is 26.9. The fourth-order valence-electron chi connectivity index (χ4n) is 5.30. The minimum absolute atomic E-state index is 0.0462. The van der Waals surface area contributed by atoms with E-state index in [1.807, 2.05) is 53.7 Å². The molecule has 3 aromatic heterocycles. The van der Waals surface area contributed by atoms with Crippen LogP contribution >= 0.6 is 0 Å². The van der Waals surface area contributed by atoms with Crippen LogP contribution < -0.4 is 10.2 Å². The van der Waals surface area contributed by atoms with E-state index in [2.05, 4.69) is 15.3 Å². The number of carbonyl (C=O) groups excluding carboxylic acids is 1. The number of imidazole rings is 1. The molecule has 1 unspecified atom stereocenters. The third kappa shape index (κ3) is 4.99. The summed E-state index contributed by atoms with van der Waals surface area (Å²) in [5.41, 5.74) is 4.61. The van der Waals surface area contributed by atoms with Crippen molar-refractivity contribution in [2.75, 3.05) is 24.3 Å². The monoisotopic (exact) mass is 524 g/mol. The molecular formula is C30H29FN6O2. The molecule has 0 radical (unpaired) electrons. The van der Waals surface area contributed by atoms with Crippen molar-refractivity contribution in [3.05, 3.63) is 84.6 Å². The van der Waals surface area contributed by atoms with Crippen molar-refractivity contribution < 1.29 is 13.6 Å². The number of oxazole rings is 1. The summed E-state index contributed by atoms with van der Waals surface area (Å²) in [6, 6.07) is 15.9. The second kappa shape index (κ2) is 10.3. The number of aromatic nitrogens is 4. The topological polar surface area (TPSA) is 88.6 Å². The molecule has 8 nitrogen and oxygen atoms in total. The summed E-state index contributed by atoms with van der Waals surface area (Å²) >= 11 is 0. The van der Waals surface area contributed by atoms with E-state index >= 15 is 0 Å². The van der Waals surface area contributed by atoms with Crippen LogP contribution in [0.15, 0.2) is 77.7 Å². The number of rotatable bonds is 7. The first-order chi connectivity index (χ1) is 19.0. The van der Waals surface area contributed by atoms with Gasteiger partial charge >= 0.3 is 5.84 Å². The molecule has 0 aliphatic heterocycles. The highest BCUT2D eigenvalue weighted by molar-refractivity contribution is 5.98. The van der Waals surface area contributed by atoms with Crippen molar-refractivity contribution in [1.82, 2.24) is 19.4 Å². The number of fused-ring (bicyclic) bond motifs is 1. The number of Topliss-reactive ketones (excluding diaryl/α,β-unsaturated/α-hetero) is 1. The molecule has 198 valence electrons. The van der Waals surface area contributed by atoms with Crippen LogP contribution in [0.2, 0.25) is 0 Å². The molecule has 0 amide bonds. The molecule has 0 bridgehead atoms. The van der Waals surface area contributed by atoms with Crippen LogP contribution in [0.4, 0.5) is 16.0 Å². The Morgan fingerprint density at radius 2 is 1.85 bits per heavy atom. The minimum Gasteiger partial charge on any atom is -0.432 e. The van der Waals surface area contributed by atoms with Crippen LogP contribution in [0.25, 0.3) is 28.5 Å². The lowest BCUT2D eigenvalue weighted by atomic mass is 9.81. The standard InChI is InChI=1S/C30H29FN6O2/c1-36(2)24-12-8-20(9-13-24)28(38)21-4-3-5-23(18-21)33-29-32-15-14-25(34-29)27-26(19-6-10-22(31)11-7-19)35-30-37(27)16-17-39-30/h6-17,21,23H,3-5,18H2,1-2H3,(H,32,33,34)/t21?,23-/m1/s1. The average Bonchev–Trinajstić information content (AvgIpc) is 3.55. The minimum atomic E-state index is -0.313. The second-order valence-electron chi connectivity index (χ2n) is 10.1. The molecule has 1 fully saturated rings. The third-order valence-electron chi connectivity index (χ3n) is 7.32. The van der Waals surface area contributed by atoms with Gasteiger partial charge in [-0.3, -0.25) is 9.20 Å². The number of halogens is 1. The first-order valence-electron chi connectivity index (χ1n) is 13.1. The van der Waals surface area contributed by atoms with Crippen LogP contribution in [0, 0.1) is 11.7 Å². The SMILES string of the molecule is CN(C)c1ccc(C(=O)C2CCC[C@@H](Nc3nccc(-c4c(-c5ccc(F)cc5)nc5occn45)n3)C2)cc1. The predicted octanol–water partition coefficient (Wildman–Crippen LogP) is 6.11. The number of anilines is 2. The fraction of sp³-hybridized carbons (Fsp3) is 0.267. The summed E-state index contributed by atoms with van der Waals surface area (Å²) in [6.07, 6.45) is 8.55. The summed E-state index contributed by atoms with van der Waals surface area (Å²) in [7, 11) is 3.97. The van der Waals surface area contributed by atoms with Crippen molar-refractivity contribution in [2.45, 2.75) is 31.7 Å². The number of nitrogens with zero attached hydrogens (tertiary/aromatic N) is 5. The highest BCUT2D eigenvalue weighted by atomic mass is 19.1. The van der Waals surface area contributed by atoms with Gasteiger partial charge in [0.2, 0.25) is 5.95 Å². The quantitative estimate of drug-likeness (QED) is 0.257. The summed E-state index contributed by atoms with van der Waals surface area (Å²) in [5.74, 6) is 0.739. The molecule has 6 rings (SSSR count). The van der Waals surface area contributed by atoms with E-state index < -0.39 is 0 Å². The Balaban J connectivity index is 1.23. The molecule has 2 atom stereocenters. The molecular weight excluding hydrogens is 495 g/mol. The van der Waals surface area contributed by atoms with E-state index in [9.17, 15) is 9.18 Å². The van der Waals surface area contributed by atoms with E-state index in [0.29, 0.717) is 23.2 Å². The van der Waals surface area contributed by atoms with Crippen molar-refractivity contribution in [3.63, 3.8) is 0 Å². The molecule has 5 aromatic rings. The summed E-state index contributed by atoms with van der Waals surface area (Å²) in [6.45, 7) is 0. The van der Waals surface area contributed by atoms with Gasteiger partial charge in [0.1, 0.15) is 23.5 Å². The Labute approximate surface area is 225 Å². The van der Waals surface area contributed by atoms with Crippen LogP contribution in [0.3, 0.4) is 0 Å². The summed E-state index contributed by atoms with van der Waals surface area (Å²) in [5, 5.41) is 3.47. The Hall–Kier alpha value is -4.53. The first-order valence-corrected chi connectivity index (χ1v) is 13.1. The molecule has 39 heavy (non-hydrogen) atoms. The Morgan fingerprint density at radius 3 is 2.62 bits per heavy atom. The van der Waals surface area contributed by atoms with Crippen LogP contribution in [-0.4, -0.2) is 45.3 Å². The number of ketones is 1. The lowest BCUT2D eigenvalue weighted by molar-refractivity contribution is 0.0884. The Bertz CT molecular complexity index is 1610. The van der Waals surface area contributed by atoms with Crippen molar-refractivity contribution >= 4 is 23.3 Å². The second-order valence-corrected chi connectivity index (χ2v) is 10.1. The van der Waals surface area contributed by atoms with E-state index in [1.165, 1.54) is 12.1 Å². The molecule has 0 spiro atoms. The maximum absolute atomic E-state index is 13.6. The predicted molar refractivity (Wildman–Crippen MR) is 148 cm³/mol. The number of carbonyl (C=O) groups is 1. The number of hydrogen-bond donors (Lipinski definition) is 1. The lowest BCUT2D eigenvalue weighted by Crippen LogP contribution is -2.31. The van der Waals surface area contributed by atoms with Gasteiger partial charge in [-0.05, 0) is 73.9 Å². The Morgan fingerprint density at radius 1 is 1.05 bits per heavy atom. The normalized spacial score (nSPS) is 17.3. The van der Waals surface area contributed by atoms with Gasteiger partial charge in [-0.2, -0.15) is 4.98 Å². The lowest BCUT2D eigenvalue weighted by Gasteiger charge is -2.29. The highest BCUT2D eigenvalue weighted by Crippen LogP contribution is 2.33. The van der Waals surface area contributed by atoms with Crippen LogP contribution in [0.1, 0.15) is 36.0 Å². The zero-order valence-electron chi connectivity index (χ0n) is 21.8. The first kappa shape index (κ1) is 24.8. The molecule has 1 saturated carbocycles. The van der Waals surface area contributed by atoms with E-state index in [0.717, 1.165) is 48.2 Å². The maximum Gasteiger partial charge on any atom is 0.306 e. The number of hydrogen-bond acceptors (Lipinski definition) is 7. The highest BCUT2D eigenvalue weighted by Gasteiger charge is 2.29. The van der Waals surface area contributed by atoms with Crippen LogP contribution in [-0.2, 0) is 0 Å². The third-order valence-corrected chi connectivity index (χ3v) is 7.32. The van der Waals surface area contributed by atoms with Gasteiger partial charge in [0.25, 0.3) is 0 Å². The molecule has 1 aliphatic carbocycles. The molecule has 1 aliphatic rings. The van der Waals surface area contributed by atoms with E-state index in [1.54, 1.807) is 30.8 Å². The van der Waals surface area contributed by atoms with Gasteiger partial charge in [-0.15, -0.1) is 0 Å². The summed E-state index contributed by atoms with van der Waals surface area (Å²) < 4.78 is 20.9. The maximum atomic E-state index is 13.6. The van der Waals surface area contributed by atoms with Gasteiger partial charge < -0.3 is 14.6 Å². The van der Waals surface area contributed by atoms with E-state index in [-0.39, 0.29) is 23.6 Å². The zero-order valence-corrected chi connectivity index (χ0v) is 21.8. The van der Waals surface area contributed by atoms with Crippen molar-refractivity contribution in [3.8, 4) is 22.6 Å². The molecule has 1 N–H and O–H groups in total. The summed E-state index contributed by atoms with van der Waals surface area (Å²) in [4.78, 5) is 29.2. The van der Waals surface area contributed by atoms with Crippen LogP contribution in [0.5, 0.6) is 0 Å². The number of nitrogens with one attached hydrogen (secondary N) is 1. The molecule has 2 aromatic carbocycles.